The summed E-state index contributed by atoms with van der Waals surface area (Å²) in [6.07, 6.45) is 6.19. The Morgan fingerprint density at radius 2 is 2.06 bits per heavy atom. The Bertz CT molecular complexity index is 1320. The zero-order valence-corrected chi connectivity index (χ0v) is 18.4. The lowest BCUT2D eigenvalue weighted by Crippen LogP contribution is -2.34. The van der Waals surface area contributed by atoms with E-state index in [1.807, 2.05) is 42.9 Å². The number of hydrogen-bond acceptors (Lipinski definition) is 6. The summed E-state index contributed by atoms with van der Waals surface area (Å²) >= 11 is 0. The van der Waals surface area contributed by atoms with Gasteiger partial charge in [0.15, 0.2) is 0 Å². The molecule has 1 atom stereocenters. The molecular weight excluding hydrogens is 421 g/mol. The topological polar surface area (TPSA) is 78.7 Å². The number of fused-ring (bicyclic) bond motifs is 1. The average Bonchev–Trinajstić information content (AvgIpc) is 3.47. The smallest absolute Gasteiger partial charge is 0.256 e. The maximum Gasteiger partial charge on any atom is 0.256 e. The zero-order chi connectivity index (χ0) is 22.9. The molecule has 1 aliphatic heterocycles. The second-order valence-corrected chi connectivity index (χ2v) is 8.31. The molecule has 1 aromatic carbocycles. The zero-order valence-electron chi connectivity index (χ0n) is 18.4. The van der Waals surface area contributed by atoms with E-state index in [-0.39, 0.29) is 11.5 Å². The molecule has 0 bridgehead atoms. The monoisotopic (exact) mass is 445 g/mol. The number of anilines is 2. The molecule has 0 saturated carbocycles. The van der Waals surface area contributed by atoms with Gasteiger partial charge >= 0.3 is 0 Å². The number of rotatable bonds is 5. The minimum atomic E-state index is -0.573. The van der Waals surface area contributed by atoms with Crippen molar-refractivity contribution in [2.45, 2.75) is 12.5 Å². The van der Waals surface area contributed by atoms with Crippen LogP contribution in [0.2, 0.25) is 0 Å². The number of amides is 1. The summed E-state index contributed by atoms with van der Waals surface area (Å²) in [5.41, 5.74) is 2.86. The third-order valence-electron chi connectivity index (χ3n) is 5.97. The first-order chi connectivity index (χ1) is 16.0. The van der Waals surface area contributed by atoms with Gasteiger partial charge in [-0.25, -0.2) is 19.3 Å². The second-order valence-electron chi connectivity index (χ2n) is 8.31. The van der Waals surface area contributed by atoms with Crippen molar-refractivity contribution in [3.63, 3.8) is 0 Å². The third-order valence-corrected chi connectivity index (χ3v) is 5.97. The molecule has 0 aliphatic carbocycles. The highest BCUT2D eigenvalue weighted by molar-refractivity contribution is 5.95. The Hall–Kier alpha value is -3.85. The van der Waals surface area contributed by atoms with Crippen LogP contribution in [0, 0.1) is 5.82 Å². The van der Waals surface area contributed by atoms with Gasteiger partial charge in [0, 0.05) is 37.2 Å². The number of benzene rings is 1. The molecule has 1 N–H and O–H groups in total. The Morgan fingerprint density at radius 3 is 2.85 bits per heavy atom. The molecule has 8 nitrogen and oxygen atoms in total. The first kappa shape index (κ1) is 21.0. The summed E-state index contributed by atoms with van der Waals surface area (Å²) in [5, 5.41) is 3.03. The lowest BCUT2D eigenvalue weighted by molar-refractivity contribution is 0.0778. The molecule has 33 heavy (non-hydrogen) atoms. The molecule has 0 spiro atoms. The molecule has 168 valence electrons. The Labute approximate surface area is 190 Å². The highest BCUT2D eigenvalue weighted by Crippen LogP contribution is 2.23. The molecule has 1 amide bonds. The van der Waals surface area contributed by atoms with E-state index in [4.69, 9.17) is 0 Å². The van der Waals surface area contributed by atoms with Gasteiger partial charge in [-0.15, -0.1) is 0 Å². The van der Waals surface area contributed by atoms with E-state index in [1.54, 1.807) is 29.4 Å². The molecular formula is C24H24FN7O. The number of halogens is 1. The van der Waals surface area contributed by atoms with Crippen molar-refractivity contribution < 1.29 is 9.18 Å². The van der Waals surface area contributed by atoms with Gasteiger partial charge in [-0.1, -0.05) is 6.07 Å². The lowest BCUT2D eigenvalue weighted by Gasteiger charge is -2.20. The van der Waals surface area contributed by atoms with Crippen LogP contribution >= 0.6 is 0 Å². The van der Waals surface area contributed by atoms with E-state index in [0.717, 1.165) is 17.8 Å². The summed E-state index contributed by atoms with van der Waals surface area (Å²) in [5.74, 6) is -0.532. The highest BCUT2D eigenvalue weighted by Gasteiger charge is 2.29. The first-order valence-corrected chi connectivity index (χ1v) is 10.8. The van der Waals surface area contributed by atoms with Crippen LogP contribution in [-0.2, 0) is 0 Å². The first-order valence-electron chi connectivity index (χ1n) is 10.8. The number of hydrogen-bond donors (Lipinski definition) is 1. The Balaban J connectivity index is 1.34. The number of likely N-dealkylation sites (N-methyl/N-ethyl adjacent to an activating group) is 1. The lowest BCUT2D eigenvalue weighted by atomic mass is 10.1. The highest BCUT2D eigenvalue weighted by atomic mass is 19.1. The van der Waals surface area contributed by atoms with Crippen LogP contribution in [0.3, 0.4) is 0 Å². The number of nitrogens with one attached hydrogen (secondary N) is 1. The summed E-state index contributed by atoms with van der Waals surface area (Å²) in [6, 6.07) is 12.3. The summed E-state index contributed by atoms with van der Waals surface area (Å²) in [4.78, 5) is 29.8. The molecule has 1 fully saturated rings. The molecule has 0 radical (unpaired) electrons. The van der Waals surface area contributed by atoms with Gasteiger partial charge in [-0.3, -0.25) is 9.20 Å². The van der Waals surface area contributed by atoms with Crippen LogP contribution in [0.1, 0.15) is 16.8 Å². The summed E-state index contributed by atoms with van der Waals surface area (Å²) in [7, 11) is 3.98. The third kappa shape index (κ3) is 4.14. The van der Waals surface area contributed by atoms with Crippen molar-refractivity contribution in [2.75, 3.05) is 32.5 Å². The van der Waals surface area contributed by atoms with Gasteiger partial charge in [0.25, 0.3) is 5.91 Å². The maximum atomic E-state index is 14.8. The van der Waals surface area contributed by atoms with E-state index >= 15 is 0 Å². The number of imidazole rings is 1. The van der Waals surface area contributed by atoms with E-state index in [9.17, 15) is 9.18 Å². The Kier molecular flexibility index (Phi) is 5.47. The van der Waals surface area contributed by atoms with Gasteiger partial charge in [0.05, 0.1) is 23.1 Å². The Morgan fingerprint density at radius 1 is 1.18 bits per heavy atom. The molecule has 5 rings (SSSR count). The van der Waals surface area contributed by atoms with E-state index in [1.165, 1.54) is 12.1 Å². The number of carbonyl (C=O) groups excluding carboxylic acids is 1. The standard InChI is InChI=1S/C24H24FN7O/c1-30(2)17-9-12-31(15-17)23(33)18-7-6-16(13-19(18)25)28-24-26-10-8-20(29-24)21-14-27-22-5-3-4-11-32(21)22/h3-8,10-11,13-14,17H,9,12,15H2,1-2H3,(H,26,28,29)/t17-/m1/s1. The predicted molar refractivity (Wildman–Crippen MR) is 124 cm³/mol. The fraction of sp³-hybridized carbons (Fsp3) is 0.250. The van der Waals surface area contributed by atoms with Gasteiger partial charge in [-0.2, -0.15) is 0 Å². The van der Waals surface area contributed by atoms with Gasteiger partial charge in [0.1, 0.15) is 11.5 Å². The maximum absolute atomic E-state index is 14.8. The summed E-state index contributed by atoms with van der Waals surface area (Å²) in [6.45, 7) is 1.24. The van der Waals surface area contributed by atoms with Crippen LogP contribution in [-0.4, -0.2) is 68.3 Å². The molecule has 1 saturated heterocycles. The van der Waals surface area contributed by atoms with E-state index in [0.29, 0.717) is 36.5 Å². The second kappa shape index (κ2) is 8.59. The SMILES string of the molecule is CN(C)[C@@H]1CCN(C(=O)c2ccc(Nc3nccc(-c4cnc5ccccn45)n3)cc2F)C1. The van der Waals surface area contributed by atoms with Crippen LogP contribution in [0.4, 0.5) is 16.0 Å². The fourth-order valence-corrected chi connectivity index (χ4v) is 4.10. The van der Waals surface area contributed by atoms with Crippen LogP contribution in [0.25, 0.3) is 17.0 Å². The van der Waals surface area contributed by atoms with E-state index < -0.39 is 5.82 Å². The van der Waals surface area contributed by atoms with Crippen molar-refractivity contribution in [3.8, 4) is 11.4 Å². The number of aromatic nitrogens is 4. The molecule has 1 aliphatic rings. The van der Waals surface area contributed by atoms with Crippen molar-refractivity contribution >= 4 is 23.2 Å². The molecule has 4 heterocycles. The van der Waals surface area contributed by atoms with Gasteiger partial charge in [0.2, 0.25) is 5.95 Å². The van der Waals surface area contributed by atoms with Crippen molar-refractivity contribution in [1.82, 2.24) is 29.2 Å². The number of nitrogens with zero attached hydrogens (tertiary/aromatic N) is 6. The van der Waals surface area contributed by atoms with E-state index in [2.05, 4.69) is 25.2 Å². The van der Waals surface area contributed by atoms with Crippen LogP contribution in [0.15, 0.2) is 61.1 Å². The average molecular weight is 446 g/mol. The minimum Gasteiger partial charge on any atom is -0.337 e. The van der Waals surface area contributed by atoms with Gasteiger partial charge in [-0.05, 0) is 56.9 Å². The number of pyridine rings is 1. The predicted octanol–water partition coefficient (Wildman–Crippen LogP) is 3.45. The normalized spacial score (nSPS) is 16.0. The van der Waals surface area contributed by atoms with Gasteiger partial charge < -0.3 is 15.1 Å². The molecule has 9 heteroatoms. The van der Waals surface area contributed by atoms with Crippen molar-refractivity contribution in [1.29, 1.82) is 0 Å². The van der Waals surface area contributed by atoms with Crippen molar-refractivity contribution in [3.05, 3.63) is 72.4 Å². The number of carbonyl (C=O) groups is 1. The summed E-state index contributed by atoms with van der Waals surface area (Å²) < 4.78 is 16.8. The quantitative estimate of drug-likeness (QED) is 0.507. The largest absolute Gasteiger partial charge is 0.337 e. The minimum absolute atomic E-state index is 0.0698. The van der Waals surface area contributed by atoms with Crippen LogP contribution < -0.4 is 5.32 Å². The molecule has 4 aromatic rings. The number of likely N-dealkylation sites (tertiary alicyclic amines) is 1. The van der Waals surface area contributed by atoms with Crippen LogP contribution in [0.5, 0.6) is 0 Å². The fourth-order valence-electron chi connectivity index (χ4n) is 4.10. The molecule has 0 unspecified atom stereocenters. The molecule has 3 aromatic heterocycles. The van der Waals surface area contributed by atoms with Crippen molar-refractivity contribution in [2.24, 2.45) is 0 Å².